The van der Waals surface area contributed by atoms with E-state index >= 15 is 0 Å². The van der Waals surface area contributed by atoms with E-state index < -0.39 is 0 Å². The van der Waals surface area contributed by atoms with Crippen LogP contribution in [-0.4, -0.2) is 27.9 Å². The van der Waals surface area contributed by atoms with Gasteiger partial charge in [-0.3, -0.25) is 4.79 Å². The first-order valence-corrected chi connectivity index (χ1v) is 10.5. The van der Waals surface area contributed by atoms with Gasteiger partial charge in [-0.25, -0.2) is 0 Å². The molecule has 0 aliphatic heterocycles. The van der Waals surface area contributed by atoms with Crippen LogP contribution in [0, 0.1) is 6.92 Å². The van der Waals surface area contributed by atoms with Crippen molar-refractivity contribution in [3.05, 3.63) is 65.7 Å². The van der Waals surface area contributed by atoms with Crippen LogP contribution < -0.4 is 10.6 Å². The van der Waals surface area contributed by atoms with E-state index in [4.69, 9.17) is 0 Å². The SMILES string of the molecule is Cc1cccc(Nc2nnc(S[C@@H](C)C(=O)NCCc3ccccc3)s2)c1. The van der Waals surface area contributed by atoms with Crippen molar-refractivity contribution in [2.24, 2.45) is 0 Å². The first kappa shape index (κ1) is 19.4. The van der Waals surface area contributed by atoms with Crippen LogP contribution in [0.25, 0.3) is 0 Å². The molecular formula is C20H22N4OS2. The molecule has 3 rings (SSSR count). The third kappa shape index (κ3) is 6.08. The molecule has 0 spiro atoms. The van der Waals surface area contributed by atoms with Crippen molar-refractivity contribution in [3.63, 3.8) is 0 Å². The molecule has 1 heterocycles. The normalized spacial score (nSPS) is 11.8. The Kier molecular flexibility index (Phi) is 6.84. The van der Waals surface area contributed by atoms with Crippen molar-refractivity contribution >= 4 is 39.8 Å². The topological polar surface area (TPSA) is 66.9 Å². The molecule has 0 saturated carbocycles. The van der Waals surface area contributed by atoms with Crippen LogP contribution in [0.2, 0.25) is 0 Å². The molecule has 5 nitrogen and oxygen atoms in total. The van der Waals surface area contributed by atoms with E-state index in [-0.39, 0.29) is 11.2 Å². The maximum absolute atomic E-state index is 12.3. The average molecular weight is 399 g/mol. The van der Waals surface area contributed by atoms with Gasteiger partial charge in [0.05, 0.1) is 5.25 Å². The molecular weight excluding hydrogens is 376 g/mol. The van der Waals surface area contributed by atoms with Crippen molar-refractivity contribution in [1.82, 2.24) is 15.5 Å². The lowest BCUT2D eigenvalue weighted by Gasteiger charge is -2.10. The number of benzene rings is 2. The Balaban J connectivity index is 1.46. The highest BCUT2D eigenvalue weighted by molar-refractivity contribution is 8.02. The van der Waals surface area contributed by atoms with E-state index in [1.54, 1.807) is 0 Å². The number of carbonyl (C=O) groups excluding carboxylic acids is 1. The van der Waals surface area contributed by atoms with Gasteiger partial charge in [0.1, 0.15) is 0 Å². The summed E-state index contributed by atoms with van der Waals surface area (Å²) in [6.07, 6.45) is 0.827. The van der Waals surface area contributed by atoms with Gasteiger partial charge in [0, 0.05) is 12.2 Å². The fourth-order valence-corrected chi connectivity index (χ4v) is 4.42. The molecule has 27 heavy (non-hydrogen) atoms. The average Bonchev–Trinajstić information content (AvgIpc) is 3.09. The molecule has 0 bridgehead atoms. The zero-order chi connectivity index (χ0) is 19.1. The van der Waals surface area contributed by atoms with Gasteiger partial charge in [-0.1, -0.05) is 65.6 Å². The Morgan fingerprint density at radius 3 is 2.74 bits per heavy atom. The molecule has 2 N–H and O–H groups in total. The Hall–Kier alpha value is -2.38. The maximum Gasteiger partial charge on any atom is 0.233 e. The zero-order valence-electron chi connectivity index (χ0n) is 15.3. The summed E-state index contributed by atoms with van der Waals surface area (Å²) in [5.74, 6) is 0.0133. The number of rotatable bonds is 8. The van der Waals surface area contributed by atoms with Gasteiger partial charge in [-0.05, 0) is 43.5 Å². The highest BCUT2D eigenvalue weighted by atomic mass is 32.2. The van der Waals surface area contributed by atoms with E-state index in [1.807, 2.05) is 50.2 Å². The highest BCUT2D eigenvalue weighted by Gasteiger charge is 2.17. The fraction of sp³-hybridized carbons (Fsp3) is 0.250. The lowest BCUT2D eigenvalue weighted by atomic mass is 10.1. The third-order valence-corrected chi connectivity index (χ3v) is 5.90. The molecule has 140 valence electrons. The van der Waals surface area contributed by atoms with Crippen molar-refractivity contribution < 1.29 is 4.79 Å². The molecule has 0 unspecified atom stereocenters. The molecule has 1 atom stereocenters. The summed E-state index contributed by atoms with van der Waals surface area (Å²) in [5.41, 5.74) is 3.38. The molecule has 1 amide bonds. The molecule has 0 aliphatic rings. The number of aryl methyl sites for hydroxylation is 1. The first-order chi connectivity index (χ1) is 13.1. The number of anilines is 2. The Morgan fingerprint density at radius 1 is 1.15 bits per heavy atom. The quantitative estimate of drug-likeness (QED) is 0.550. The van der Waals surface area contributed by atoms with E-state index in [0.717, 1.165) is 21.6 Å². The van der Waals surface area contributed by atoms with E-state index in [9.17, 15) is 4.79 Å². The number of hydrogen-bond donors (Lipinski definition) is 2. The van der Waals surface area contributed by atoms with Gasteiger partial charge in [-0.15, -0.1) is 10.2 Å². The molecule has 1 aromatic heterocycles. The Bertz CT molecular complexity index is 882. The molecule has 0 saturated heterocycles. The number of hydrogen-bond acceptors (Lipinski definition) is 6. The van der Waals surface area contributed by atoms with Crippen LogP contribution >= 0.6 is 23.1 Å². The van der Waals surface area contributed by atoms with Crippen LogP contribution in [-0.2, 0) is 11.2 Å². The summed E-state index contributed by atoms with van der Waals surface area (Å²) in [6.45, 7) is 4.56. The predicted molar refractivity (Wildman–Crippen MR) is 113 cm³/mol. The molecule has 7 heteroatoms. The van der Waals surface area contributed by atoms with Crippen LogP contribution in [0.3, 0.4) is 0 Å². The van der Waals surface area contributed by atoms with Gasteiger partial charge >= 0.3 is 0 Å². The second kappa shape index (κ2) is 9.53. The van der Waals surface area contributed by atoms with Crippen LogP contribution in [0.1, 0.15) is 18.1 Å². The first-order valence-electron chi connectivity index (χ1n) is 8.75. The van der Waals surface area contributed by atoms with Crippen molar-refractivity contribution in [2.45, 2.75) is 29.9 Å². The fourth-order valence-electron chi connectivity index (χ4n) is 2.48. The van der Waals surface area contributed by atoms with Gasteiger partial charge in [0.15, 0.2) is 4.34 Å². The lowest BCUT2D eigenvalue weighted by Crippen LogP contribution is -2.32. The Morgan fingerprint density at radius 2 is 1.96 bits per heavy atom. The third-order valence-electron chi connectivity index (χ3n) is 3.88. The Labute approximate surface area is 167 Å². The summed E-state index contributed by atoms with van der Waals surface area (Å²) < 4.78 is 0.774. The predicted octanol–water partition coefficient (Wildman–Crippen LogP) is 4.43. The van der Waals surface area contributed by atoms with E-state index in [0.29, 0.717) is 6.54 Å². The summed E-state index contributed by atoms with van der Waals surface area (Å²) >= 11 is 2.87. The highest BCUT2D eigenvalue weighted by Crippen LogP contribution is 2.30. The standard InChI is InChI=1S/C20H22N4OS2/c1-14-7-6-10-17(13-14)22-19-23-24-20(27-19)26-15(2)18(25)21-12-11-16-8-4-3-5-9-16/h3-10,13,15H,11-12H2,1-2H3,(H,21,25)(H,22,23)/t15-/m0/s1. The number of amides is 1. The van der Waals surface area contributed by atoms with Gasteiger partial charge in [0.25, 0.3) is 0 Å². The van der Waals surface area contributed by atoms with Crippen molar-refractivity contribution in [3.8, 4) is 0 Å². The van der Waals surface area contributed by atoms with E-state index in [1.165, 1.54) is 34.2 Å². The minimum atomic E-state index is -0.222. The second-order valence-electron chi connectivity index (χ2n) is 6.15. The van der Waals surface area contributed by atoms with Crippen molar-refractivity contribution in [1.29, 1.82) is 0 Å². The zero-order valence-corrected chi connectivity index (χ0v) is 16.9. The van der Waals surface area contributed by atoms with Crippen molar-refractivity contribution in [2.75, 3.05) is 11.9 Å². The lowest BCUT2D eigenvalue weighted by molar-refractivity contribution is -0.120. The summed E-state index contributed by atoms with van der Waals surface area (Å²) in [6, 6.07) is 18.2. The number of nitrogens with zero attached hydrogens (tertiary/aromatic N) is 2. The molecule has 0 aliphatic carbocycles. The second-order valence-corrected chi connectivity index (χ2v) is 8.72. The number of aromatic nitrogens is 2. The smallest absolute Gasteiger partial charge is 0.233 e. The number of thioether (sulfide) groups is 1. The minimum Gasteiger partial charge on any atom is -0.355 e. The molecule has 3 aromatic rings. The van der Waals surface area contributed by atoms with Gasteiger partial charge < -0.3 is 10.6 Å². The minimum absolute atomic E-state index is 0.0133. The maximum atomic E-state index is 12.3. The monoisotopic (exact) mass is 398 g/mol. The molecule has 0 radical (unpaired) electrons. The van der Waals surface area contributed by atoms with E-state index in [2.05, 4.69) is 39.0 Å². The summed E-state index contributed by atoms with van der Waals surface area (Å²) in [7, 11) is 0. The van der Waals surface area contributed by atoms with Crippen LogP contribution in [0.4, 0.5) is 10.8 Å². The van der Waals surface area contributed by atoms with Crippen LogP contribution in [0.15, 0.2) is 58.9 Å². The summed E-state index contributed by atoms with van der Waals surface area (Å²) in [5, 5.41) is 15.1. The molecule has 0 fully saturated rings. The van der Waals surface area contributed by atoms with Crippen LogP contribution in [0.5, 0.6) is 0 Å². The van der Waals surface area contributed by atoms with Gasteiger partial charge in [-0.2, -0.15) is 0 Å². The number of nitrogens with one attached hydrogen (secondary N) is 2. The van der Waals surface area contributed by atoms with Gasteiger partial charge in [0.2, 0.25) is 11.0 Å². The number of carbonyl (C=O) groups is 1. The largest absolute Gasteiger partial charge is 0.355 e. The molecule has 2 aromatic carbocycles. The summed E-state index contributed by atoms with van der Waals surface area (Å²) in [4.78, 5) is 12.3.